The van der Waals surface area contributed by atoms with Crippen LogP contribution in [-0.4, -0.2) is 78.6 Å². The van der Waals surface area contributed by atoms with Crippen LogP contribution < -0.4 is 9.47 Å². The van der Waals surface area contributed by atoms with Gasteiger partial charge in [0, 0.05) is 42.6 Å². The predicted octanol–water partition coefficient (Wildman–Crippen LogP) is 9.77. The van der Waals surface area contributed by atoms with Gasteiger partial charge in [-0.2, -0.15) is 0 Å². The number of pyridine rings is 2. The molecule has 0 unspecified atom stereocenters. The van der Waals surface area contributed by atoms with E-state index in [9.17, 15) is 9.59 Å². The van der Waals surface area contributed by atoms with Crippen molar-refractivity contribution < 1.29 is 28.5 Å². The lowest BCUT2D eigenvalue weighted by Gasteiger charge is -2.12. The summed E-state index contributed by atoms with van der Waals surface area (Å²) in [7, 11) is 5.95. The van der Waals surface area contributed by atoms with Crippen LogP contribution in [0.25, 0.3) is 67.2 Å². The highest BCUT2D eigenvalue weighted by atomic mass is 35.5. The van der Waals surface area contributed by atoms with Crippen LogP contribution in [0.4, 0.5) is 0 Å². The Morgan fingerprint density at radius 2 is 1.06 bits per heavy atom. The highest BCUT2D eigenvalue weighted by Gasteiger charge is 2.29. The smallest absolute Gasteiger partial charge is 0.338 e. The van der Waals surface area contributed by atoms with Crippen molar-refractivity contribution in [3.05, 3.63) is 82.6 Å². The molecule has 0 radical (unpaired) electrons. The molecule has 63 heavy (non-hydrogen) atoms. The molecule has 2 aliphatic carbocycles. The number of hydrogen-bond donors (Lipinski definition) is 0. The van der Waals surface area contributed by atoms with Crippen LogP contribution in [0.15, 0.2) is 60.7 Å². The van der Waals surface area contributed by atoms with E-state index in [1.807, 2.05) is 12.1 Å². The van der Waals surface area contributed by atoms with Crippen molar-refractivity contribution in [2.24, 2.45) is 11.8 Å². The number of aromatic nitrogens is 8. The summed E-state index contributed by atoms with van der Waals surface area (Å²) in [5.41, 5.74) is 8.97. The Labute approximate surface area is 369 Å². The standard InChI is InChI=1S/C25H28N4O3.C23H23ClN4O3/c1-5-18-10-9-16-12-20(29(23(16)26-18)14-15-7-8-15)24-27-19-11-17(25(30)32-4)13-21(31-3)22(19)28(24)6-2;1-4-27-20-16(9-15(23(29)31-3)11-18(20)30-2)25-22(27)17-10-14-7-8-19(24)26-21(14)28(17)12-13-5-6-13/h9-13,15H,5-8,14H2,1-4H3;7-11,13H,4-6,12H2,1-3H3. The molecule has 6 aromatic heterocycles. The SMILES string of the molecule is CCc1ccc2cc(-c3nc4cc(C(=O)OC)cc(OC)c4n3CC)n(CC3CC3)c2n1.CCn1c(-c2cc3ccc(Cl)nc3n2CC2CC2)nc2cc(C(=O)OC)cc(OC)c21. The van der Waals surface area contributed by atoms with Gasteiger partial charge in [0.1, 0.15) is 39.0 Å². The highest BCUT2D eigenvalue weighted by Crippen LogP contribution is 2.40. The van der Waals surface area contributed by atoms with E-state index in [4.69, 9.17) is 45.5 Å². The third-order valence-electron chi connectivity index (χ3n) is 12.1. The molecule has 0 amide bonds. The molecule has 2 aliphatic rings. The summed E-state index contributed by atoms with van der Waals surface area (Å²) >= 11 is 6.22. The van der Waals surface area contributed by atoms with Crippen LogP contribution in [0.2, 0.25) is 5.15 Å². The van der Waals surface area contributed by atoms with Crippen molar-refractivity contribution in [1.82, 2.24) is 38.2 Å². The molecule has 10 rings (SSSR count). The van der Waals surface area contributed by atoms with Crippen molar-refractivity contribution in [2.45, 2.75) is 79.1 Å². The number of aryl methyl sites for hydroxylation is 3. The van der Waals surface area contributed by atoms with Crippen LogP contribution in [-0.2, 0) is 42.1 Å². The lowest BCUT2D eigenvalue weighted by molar-refractivity contribution is 0.0591. The first-order valence-electron chi connectivity index (χ1n) is 21.6. The Kier molecular flexibility index (Phi) is 11.3. The molecule has 15 heteroatoms. The zero-order valence-electron chi connectivity index (χ0n) is 36.7. The predicted molar refractivity (Wildman–Crippen MR) is 244 cm³/mol. The molecule has 0 spiro atoms. The van der Waals surface area contributed by atoms with Crippen molar-refractivity contribution in [2.75, 3.05) is 28.4 Å². The van der Waals surface area contributed by atoms with Crippen LogP contribution in [0.3, 0.4) is 0 Å². The summed E-state index contributed by atoms with van der Waals surface area (Å²) in [5, 5.41) is 2.62. The van der Waals surface area contributed by atoms with E-state index in [0.717, 1.165) is 87.9 Å². The maximum Gasteiger partial charge on any atom is 0.338 e. The number of methoxy groups -OCH3 is 4. The Morgan fingerprint density at radius 1 is 0.603 bits per heavy atom. The number of fused-ring (bicyclic) bond motifs is 4. The Morgan fingerprint density at radius 3 is 1.48 bits per heavy atom. The number of imidazole rings is 2. The van der Waals surface area contributed by atoms with Crippen LogP contribution in [0.1, 0.15) is 72.9 Å². The van der Waals surface area contributed by atoms with Crippen molar-refractivity contribution in [3.63, 3.8) is 0 Å². The van der Waals surface area contributed by atoms with Gasteiger partial charge in [0.25, 0.3) is 0 Å². The van der Waals surface area contributed by atoms with Gasteiger partial charge in [0.15, 0.2) is 11.6 Å². The van der Waals surface area contributed by atoms with Crippen LogP contribution in [0.5, 0.6) is 11.5 Å². The Balaban J connectivity index is 0.000000160. The van der Waals surface area contributed by atoms with E-state index in [-0.39, 0.29) is 0 Å². The first-order valence-corrected chi connectivity index (χ1v) is 22.0. The van der Waals surface area contributed by atoms with Gasteiger partial charge in [0.2, 0.25) is 0 Å². The van der Waals surface area contributed by atoms with Crippen molar-refractivity contribution in [3.8, 4) is 34.5 Å². The van der Waals surface area contributed by atoms with Gasteiger partial charge in [-0.3, -0.25) is 0 Å². The van der Waals surface area contributed by atoms with Gasteiger partial charge < -0.3 is 37.2 Å². The van der Waals surface area contributed by atoms with Gasteiger partial charge in [-0.1, -0.05) is 18.5 Å². The van der Waals surface area contributed by atoms with Crippen molar-refractivity contribution in [1.29, 1.82) is 0 Å². The number of esters is 2. The zero-order valence-corrected chi connectivity index (χ0v) is 37.5. The summed E-state index contributed by atoms with van der Waals surface area (Å²) in [6.45, 7) is 9.53. The van der Waals surface area contributed by atoms with E-state index in [1.54, 1.807) is 38.5 Å². The van der Waals surface area contributed by atoms with Crippen LogP contribution in [0, 0.1) is 11.8 Å². The summed E-state index contributed by atoms with van der Waals surface area (Å²) < 4.78 is 29.9. The summed E-state index contributed by atoms with van der Waals surface area (Å²) in [6.07, 6.45) is 5.86. The molecule has 0 aliphatic heterocycles. The van der Waals surface area contributed by atoms with Crippen LogP contribution >= 0.6 is 11.6 Å². The summed E-state index contributed by atoms with van der Waals surface area (Å²) in [4.78, 5) is 43.8. The molecule has 326 valence electrons. The maximum absolute atomic E-state index is 12.2. The number of halogens is 1. The van der Waals surface area contributed by atoms with E-state index >= 15 is 0 Å². The Bertz CT molecular complexity index is 3060. The maximum atomic E-state index is 12.2. The lowest BCUT2D eigenvalue weighted by atomic mass is 10.2. The second-order valence-corrected chi connectivity index (χ2v) is 16.6. The average Bonchev–Trinajstić information content (AvgIpc) is 4.17. The first kappa shape index (κ1) is 41.9. The van der Waals surface area contributed by atoms with Gasteiger partial charge in [-0.05, 0) is 118 Å². The fraction of sp³-hybridized carbons (Fsp3) is 0.375. The number of rotatable bonds is 13. The molecule has 0 saturated heterocycles. The second kappa shape index (κ2) is 17.0. The lowest BCUT2D eigenvalue weighted by Crippen LogP contribution is -2.07. The highest BCUT2D eigenvalue weighted by molar-refractivity contribution is 6.29. The van der Waals surface area contributed by atoms with Gasteiger partial charge in [-0.25, -0.2) is 29.5 Å². The number of hydrogen-bond acceptors (Lipinski definition) is 10. The topological polar surface area (TPSA) is 142 Å². The van der Waals surface area contributed by atoms with Gasteiger partial charge >= 0.3 is 11.9 Å². The number of ether oxygens (including phenoxy) is 4. The average molecular weight is 871 g/mol. The summed E-state index contributed by atoms with van der Waals surface area (Å²) in [5.74, 6) is 3.38. The fourth-order valence-corrected chi connectivity index (χ4v) is 8.72. The van der Waals surface area contributed by atoms with Gasteiger partial charge in [0.05, 0.1) is 62.0 Å². The van der Waals surface area contributed by atoms with E-state index in [2.05, 4.69) is 68.3 Å². The molecule has 0 bridgehead atoms. The molecule has 14 nitrogen and oxygen atoms in total. The molecule has 2 aromatic carbocycles. The fourth-order valence-electron chi connectivity index (χ4n) is 8.57. The molecular weight excluding hydrogens is 820 g/mol. The molecule has 0 atom stereocenters. The number of benzene rings is 2. The monoisotopic (exact) mass is 870 g/mol. The molecule has 2 saturated carbocycles. The quantitative estimate of drug-likeness (QED) is 0.0812. The summed E-state index contributed by atoms with van der Waals surface area (Å²) in [6, 6.07) is 19.3. The molecule has 0 N–H and O–H groups in total. The minimum atomic E-state index is -0.422. The molecule has 2 fully saturated rings. The second-order valence-electron chi connectivity index (χ2n) is 16.2. The first-order chi connectivity index (χ1) is 30.6. The van der Waals surface area contributed by atoms with Gasteiger partial charge in [-0.15, -0.1) is 0 Å². The largest absolute Gasteiger partial charge is 0.494 e. The van der Waals surface area contributed by atoms with E-state index in [0.29, 0.717) is 57.2 Å². The van der Waals surface area contributed by atoms with E-state index < -0.39 is 11.9 Å². The zero-order chi connectivity index (χ0) is 44.1. The van der Waals surface area contributed by atoms with Crippen molar-refractivity contribution >= 4 is 67.7 Å². The minimum absolute atomic E-state index is 0.406. The third-order valence-corrected chi connectivity index (χ3v) is 12.3. The number of carbonyl (C=O) groups excluding carboxylic acids is 2. The minimum Gasteiger partial charge on any atom is -0.494 e. The normalized spacial score (nSPS) is 13.8. The third kappa shape index (κ3) is 7.74. The Hall–Kier alpha value is -6.41. The molecule has 8 aromatic rings. The number of carbonyl (C=O) groups is 2. The molecular formula is C48H51ClN8O6. The molecule has 6 heterocycles. The number of nitrogens with zero attached hydrogens (tertiary/aromatic N) is 8. The van der Waals surface area contributed by atoms with E-state index in [1.165, 1.54) is 39.9 Å².